The lowest BCUT2D eigenvalue weighted by Crippen LogP contribution is -2.17. The Morgan fingerprint density at radius 1 is 1.37 bits per heavy atom. The Bertz CT molecular complexity index is 1170. The molecule has 0 saturated heterocycles. The minimum atomic E-state index is -2.93. The van der Waals surface area contributed by atoms with Crippen molar-refractivity contribution < 1.29 is 13.5 Å². The number of alkyl halides is 2. The molecule has 9 heteroatoms. The summed E-state index contributed by atoms with van der Waals surface area (Å²) < 4.78 is 36.9. The molecule has 0 aliphatic carbocycles. The second kappa shape index (κ2) is 6.01. The van der Waals surface area contributed by atoms with Gasteiger partial charge in [-0.1, -0.05) is 17.7 Å². The van der Waals surface area contributed by atoms with Crippen LogP contribution in [0.2, 0.25) is 5.02 Å². The second-order valence-corrected chi connectivity index (χ2v) is 8.52. The van der Waals surface area contributed by atoms with Crippen LogP contribution >= 0.6 is 11.6 Å². The van der Waals surface area contributed by atoms with Crippen LogP contribution in [0.15, 0.2) is 45.7 Å². The van der Waals surface area contributed by atoms with Crippen molar-refractivity contribution in [3.05, 3.63) is 52.8 Å². The maximum atomic E-state index is 13.0. The summed E-state index contributed by atoms with van der Waals surface area (Å²) >= 11 is 6.17. The zero-order chi connectivity index (χ0) is 18.7. The predicted molar refractivity (Wildman–Crippen MR) is 97.0 cm³/mol. The Morgan fingerprint density at radius 3 is 3.00 bits per heavy atom. The molecule has 0 spiro atoms. The maximum Gasteiger partial charge on any atom is 0.387 e. The molecule has 136 valence electrons. The highest BCUT2D eigenvalue weighted by Gasteiger charge is 2.45. The number of nitrogens with zero attached hydrogens (tertiary/aromatic N) is 4. The van der Waals surface area contributed by atoms with Crippen LogP contribution in [-0.4, -0.2) is 16.2 Å². The lowest BCUT2D eigenvalue weighted by atomic mass is 10.0. The number of rotatable bonds is 2. The Morgan fingerprint density at radius 2 is 2.22 bits per heavy atom. The molecule has 27 heavy (non-hydrogen) atoms. The molecule has 0 N–H and O–H groups in total. The van der Waals surface area contributed by atoms with E-state index in [1.54, 1.807) is 12.1 Å². The topological polar surface area (TPSA) is 63.2 Å². The van der Waals surface area contributed by atoms with E-state index in [1.165, 1.54) is 6.07 Å². The number of hydrogen-bond acceptors (Lipinski definition) is 4. The number of aromatic nitrogens is 2. The van der Waals surface area contributed by atoms with Gasteiger partial charge in [-0.3, -0.25) is 0 Å². The number of ether oxygens (including phenoxy) is 1. The number of nitriles is 1. The highest BCUT2D eigenvalue weighted by atomic mass is 35.5. The molecule has 2 aromatic carbocycles. The molecule has 3 aromatic rings. The average molecular weight is 405 g/mol. The van der Waals surface area contributed by atoms with Crippen molar-refractivity contribution in [2.45, 2.75) is 29.2 Å². The van der Waals surface area contributed by atoms with Crippen LogP contribution in [0.3, 0.4) is 0 Å². The lowest BCUT2D eigenvalue weighted by molar-refractivity contribution is -0.0508. The van der Waals surface area contributed by atoms with E-state index >= 15 is 0 Å². The number of hydrogen-bond donors (Lipinski definition) is 0. The first-order valence-corrected chi connectivity index (χ1v) is 9.79. The molecule has 0 fully saturated rings. The Kier molecular flexibility index (Phi) is 3.71. The van der Waals surface area contributed by atoms with Crippen LogP contribution in [0.1, 0.15) is 29.1 Å². The zero-order valence-electron chi connectivity index (χ0n) is 13.6. The summed E-state index contributed by atoms with van der Waals surface area (Å²) in [5, 5.41) is 9.70. The first-order chi connectivity index (χ1) is 13.1. The normalized spacial score (nSPS) is 22.7. The van der Waals surface area contributed by atoms with Crippen molar-refractivity contribution in [1.82, 2.24) is 9.55 Å². The molecule has 2 aliphatic heterocycles. The van der Waals surface area contributed by atoms with Gasteiger partial charge in [0.05, 0.1) is 22.3 Å². The molecule has 2 aliphatic rings. The van der Waals surface area contributed by atoms with Crippen molar-refractivity contribution in [3.8, 4) is 11.9 Å². The zero-order valence-corrected chi connectivity index (χ0v) is 15.2. The largest absolute Gasteiger partial charge is 0.434 e. The molecule has 5 rings (SSSR count). The van der Waals surface area contributed by atoms with Crippen LogP contribution in [-0.2, 0) is 10.7 Å². The van der Waals surface area contributed by atoms with Gasteiger partial charge in [0.25, 0.3) is 0 Å². The van der Waals surface area contributed by atoms with Gasteiger partial charge in [-0.25, -0.2) is 4.98 Å². The monoisotopic (exact) mass is 404 g/mol. The number of benzene rings is 2. The van der Waals surface area contributed by atoms with E-state index in [0.29, 0.717) is 17.0 Å². The molecular formula is C18H11ClF2N4OS. The summed E-state index contributed by atoms with van der Waals surface area (Å²) in [5.41, 5.74) is 2.26. The van der Waals surface area contributed by atoms with E-state index in [2.05, 4.69) is 4.36 Å². The summed E-state index contributed by atoms with van der Waals surface area (Å²) in [6.45, 7) is -2.93. The summed E-state index contributed by atoms with van der Waals surface area (Å²) in [6, 6.07) is 10.2. The number of imidazole rings is 1. The van der Waals surface area contributed by atoms with E-state index in [0.717, 1.165) is 21.8 Å². The average Bonchev–Trinajstić information content (AvgIpc) is 3.14. The van der Waals surface area contributed by atoms with Crippen LogP contribution in [0.5, 0.6) is 5.75 Å². The molecule has 3 heterocycles. The standard InChI is InChI=1S/C18H11ClF2N4OS/c19-9-4-5-10-11(6-9)25-12-7-15(17(25)24-10)27(23-8-22)14-3-1-2-13(16(12)14)26-18(20)21/h1-6,12,15,18H,7H2/t12-,15+,27-/m0/s1. The third kappa shape index (κ3) is 2.38. The van der Waals surface area contributed by atoms with E-state index in [1.807, 2.05) is 29.0 Å². The van der Waals surface area contributed by atoms with Crippen molar-refractivity contribution in [1.29, 1.82) is 5.26 Å². The van der Waals surface area contributed by atoms with Crippen molar-refractivity contribution in [2.75, 3.05) is 0 Å². The van der Waals surface area contributed by atoms with E-state index in [-0.39, 0.29) is 17.0 Å². The van der Waals surface area contributed by atoms with Gasteiger partial charge in [-0.05, 0) is 47.4 Å². The van der Waals surface area contributed by atoms with Gasteiger partial charge < -0.3 is 9.30 Å². The molecule has 5 nitrogen and oxygen atoms in total. The fraction of sp³-hybridized carbons (Fsp3) is 0.222. The van der Waals surface area contributed by atoms with E-state index < -0.39 is 17.3 Å². The molecular weight excluding hydrogens is 394 g/mol. The van der Waals surface area contributed by atoms with Gasteiger partial charge in [0.15, 0.2) is 0 Å². The maximum absolute atomic E-state index is 13.0. The second-order valence-electron chi connectivity index (χ2n) is 6.27. The first-order valence-electron chi connectivity index (χ1n) is 8.16. The van der Waals surface area contributed by atoms with E-state index in [9.17, 15) is 14.0 Å². The quantitative estimate of drug-likeness (QED) is 0.566. The van der Waals surface area contributed by atoms with E-state index in [4.69, 9.17) is 21.3 Å². The Labute approximate surface area is 160 Å². The van der Waals surface area contributed by atoms with Crippen molar-refractivity contribution >= 4 is 33.3 Å². The Balaban J connectivity index is 1.83. The molecule has 1 aromatic heterocycles. The fourth-order valence-corrected chi connectivity index (χ4v) is 6.23. The van der Waals surface area contributed by atoms with Crippen molar-refractivity contribution in [3.63, 3.8) is 0 Å². The summed E-state index contributed by atoms with van der Waals surface area (Å²) in [5.74, 6) is 0.923. The summed E-state index contributed by atoms with van der Waals surface area (Å²) in [4.78, 5) is 5.50. The van der Waals surface area contributed by atoms with Gasteiger partial charge in [0.2, 0.25) is 6.19 Å². The summed E-state index contributed by atoms with van der Waals surface area (Å²) in [7, 11) is -0.812. The molecule has 0 unspecified atom stereocenters. The molecule has 2 bridgehead atoms. The van der Waals surface area contributed by atoms with Gasteiger partial charge >= 0.3 is 6.61 Å². The van der Waals surface area contributed by atoms with Crippen LogP contribution in [0, 0.1) is 11.5 Å². The van der Waals surface area contributed by atoms with Gasteiger partial charge in [-0.15, -0.1) is 4.36 Å². The van der Waals surface area contributed by atoms with Gasteiger partial charge in [0.1, 0.15) is 11.6 Å². The third-order valence-corrected chi connectivity index (χ3v) is 7.19. The predicted octanol–water partition coefficient (Wildman–Crippen LogP) is 4.98. The Hall–Kier alpha value is -2.50. The molecule has 0 saturated carbocycles. The van der Waals surface area contributed by atoms with Crippen LogP contribution < -0.4 is 4.74 Å². The van der Waals surface area contributed by atoms with Crippen LogP contribution in [0.4, 0.5) is 8.78 Å². The highest BCUT2D eigenvalue weighted by molar-refractivity contribution is 7.87. The van der Waals surface area contributed by atoms with Gasteiger partial charge in [0, 0.05) is 15.5 Å². The van der Waals surface area contributed by atoms with Crippen molar-refractivity contribution in [2.24, 2.45) is 4.36 Å². The lowest BCUT2D eigenvalue weighted by Gasteiger charge is -2.27. The molecule has 0 radical (unpaired) electrons. The fourth-order valence-electron chi connectivity index (χ4n) is 4.03. The molecule has 0 amide bonds. The number of halogens is 3. The smallest absolute Gasteiger partial charge is 0.387 e. The summed E-state index contributed by atoms with van der Waals surface area (Å²) in [6.07, 6.45) is 2.52. The molecule has 3 atom stereocenters. The first kappa shape index (κ1) is 16.7. The minimum absolute atomic E-state index is 0.0740. The number of fused-ring (bicyclic) bond motifs is 9. The van der Waals surface area contributed by atoms with Crippen LogP contribution in [0.25, 0.3) is 11.0 Å². The SMILES string of the molecule is N#CN=[S@]1c2cccc(OC(F)F)c2[C@@H]2C[C@@H]1c1nc3ccc(Cl)cc3n12. The third-order valence-electron chi connectivity index (χ3n) is 4.93. The highest BCUT2D eigenvalue weighted by Crippen LogP contribution is 2.54. The van der Waals surface area contributed by atoms with Gasteiger partial charge in [-0.2, -0.15) is 14.0 Å². The minimum Gasteiger partial charge on any atom is -0.434 e.